The zero-order valence-electron chi connectivity index (χ0n) is 10.7. The Kier molecular flexibility index (Phi) is 4.77. The number of carbonyl (C=O) groups is 1. The molecule has 0 unspecified atom stereocenters. The summed E-state index contributed by atoms with van der Waals surface area (Å²) >= 11 is 11.8. The van der Waals surface area contributed by atoms with Crippen molar-refractivity contribution in [3.05, 3.63) is 69.2 Å². The molecule has 0 aliphatic carbocycles. The van der Waals surface area contributed by atoms with Crippen molar-refractivity contribution in [2.45, 2.75) is 6.92 Å². The van der Waals surface area contributed by atoms with Crippen LogP contribution in [-0.4, -0.2) is 12.1 Å². The van der Waals surface area contributed by atoms with Gasteiger partial charge in [0.05, 0.1) is 11.2 Å². The third kappa shape index (κ3) is 3.59. The Labute approximate surface area is 127 Å². The summed E-state index contributed by atoms with van der Waals surface area (Å²) in [4.78, 5) is 11.9. The van der Waals surface area contributed by atoms with Crippen LogP contribution in [0.2, 0.25) is 10.0 Å². The molecule has 0 radical (unpaired) electrons. The summed E-state index contributed by atoms with van der Waals surface area (Å²) in [5, 5.41) is 4.93. The van der Waals surface area contributed by atoms with Crippen molar-refractivity contribution in [1.82, 2.24) is 5.43 Å². The van der Waals surface area contributed by atoms with Gasteiger partial charge in [0.2, 0.25) is 0 Å². The van der Waals surface area contributed by atoms with Crippen LogP contribution in [0.5, 0.6) is 0 Å². The van der Waals surface area contributed by atoms with E-state index in [-0.39, 0.29) is 5.91 Å². The number of carbonyl (C=O) groups excluding carboxylic acids is 1. The first-order valence-electron chi connectivity index (χ1n) is 5.92. The van der Waals surface area contributed by atoms with E-state index in [0.717, 1.165) is 5.56 Å². The number of aryl methyl sites for hydroxylation is 1. The van der Waals surface area contributed by atoms with Gasteiger partial charge in [0.25, 0.3) is 5.91 Å². The molecule has 0 heterocycles. The van der Waals surface area contributed by atoms with Crippen LogP contribution >= 0.6 is 23.2 Å². The second-order valence-corrected chi connectivity index (χ2v) is 5.02. The van der Waals surface area contributed by atoms with Crippen molar-refractivity contribution in [3.63, 3.8) is 0 Å². The minimum Gasteiger partial charge on any atom is -0.267 e. The number of hydrogen-bond donors (Lipinski definition) is 1. The molecule has 20 heavy (non-hydrogen) atoms. The van der Waals surface area contributed by atoms with Crippen LogP contribution in [0, 0.1) is 6.92 Å². The largest absolute Gasteiger partial charge is 0.271 e. The zero-order valence-corrected chi connectivity index (χ0v) is 12.2. The first-order valence-corrected chi connectivity index (χ1v) is 6.67. The van der Waals surface area contributed by atoms with Crippen LogP contribution in [-0.2, 0) is 0 Å². The lowest BCUT2D eigenvalue weighted by atomic mass is 10.1. The van der Waals surface area contributed by atoms with Gasteiger partial charge in [0, 0.05) is 16.1 Å². The zero-order chi connectivity index (χ0) is 14.5. The first-order chi connectivity index (χ1) is 9.58. The average Bonchev–Trinajstić information content (AvgIpc) is 2.41. The van der Waals surface area contributed by atoms with Gasteiger partial charge in [-0.05, 0) is 30.7 Å². The van der Waals surface area contributed by atoms with Gasteiger partial charge >= 0.3 is 0 Å². The van der Waals surface area contributed by atoms with E-state index in [1.165, 1.54) is 6.21 Å². The maximum absolute atomic E-state index is 11.9. The molecule has 2 rings (SSSR count). The third-order valence-electron chi connectivity index (χ3n) is 2.72. The maximum atomic E-state index is 11.9. The van der Waals surface area contributed by atoms with E-state index >= 15 is 0 Å². The molecule has 1 amide bonds. The van der Waals surface area contributed by atoms with Crippen molar-refractivity contribution in [2.75, 3.05) is 0 Å². The van der Waals surface area contributed by atoms with Gasteiger partial charge < -0.3 is 0 Å². The summed E-state index contributed by atoms with van der Waals surface area (Å²) in [6.07, 6.45) is 1.48. The lowest BCUT2D eigenvalue weighted by molar-refractivity contribution is 0.0954. The van der Waals surface area contributed by atoms with Crippen molar-refractivity contribution >= 4 is 35.3 Å². The minimum atomic E-state index is -0.260. The van der Waals surface area contributed by atoms with Gasteiger partial charge in [0.1, 0.15) is 0 Å². The Balaban J connectivity index is 2.07. The molecule has 2 aromatic rings. The molecule has 0 bridgehead atoms. The molecule has 102 valence electrons. The average molecular weight is 307 g/mol. The quantitative estimate of drug-likeness (QED) is 0.674. The van der Waals surface area contributed by atoms with Gasteiger partial charge in [-0.2, -0.15) is 5.10 Å². The van der Waals surface area contributed by atoms with Crippen LogP contribution in [0.1, 0.15) is 21.5 Å². The van der Waals surface area contributed by atoms with E-state index in [2.05, 4.69) is 10.5 Å². The van der Waals surface area contributed by atoms with E-state index < -0.39 is 0 Å². The molecule has 1 N–H and O–H groups in total. The Hall–Kier alpha value is -1.84. The normalized spacial score (nSPS) is 10.8. The fourth-order valence-electron chi connectivity index (χ4n) is 1.65. The van der Waals surface area contributed by atoms with Crippen molar-refractivity contribution in [3.8, 4) is 0 Å². The molecule has 0 aromatic heterocycles. The van der Waals surface area contributed by atoms with Gasteiger partial charge in [-0.3, -0.25) is 4.79 Å². The molecule has 0 saturated carbocycles. The summed E-state index contributed by atoms with van der Waals surface area (Å²) in [6, 6.07) is 12.4. The van der Waals surface area contributed by atoms with Gasteiger partial charge in [-0.25, -0.2) is 5.43 Å². The lowest BCUT2D eigenvalue weighted by Gasteiger charge is -2.03. The molecular weight excluding hydrogens is 295 g/mol. The Bertz CT molecular complexity index is 669. The van der Waals surface area contributed by atoms with Gasteiger partial charge in [-0.1, -0.05) is 47.5 Å². The van der Waals surface area contributed by atoms with Crippen molar-refractivity contribution < 1.29 is 4.79 Å². The highest BCUT2D eigenvalue weighted by molar-refractivity contribution is 6.36. The van der Waals surface area contributed by atoms with Crippen molar-refractivity contribution in [2.24, 2.45) is 5.10 Å². The molecule has 5 heteroatoms. The topological polar surface area (TPSA) is 41.5 Å². The van der Waals surface area contributed by atoms with Crippen molar-refractivity contribution in [1.29, 1.82) is 0 Å². The Morgan fingerprint density at radius 1 is 1.20 bits per heavy atom. The van der Waals surface area contributed by atoms with E-state index in [0.29, 0.717) is 21.2 Å². The molecule has 2 aromatic carbocycles. The van der Waals surface area contributed by atoms with E-state index in [4.69, 9.17) is 23.2 Å². The molecule has 3 nitrogen and oxygen atoms in total. The van der Waals surface area contributed by atoms with Crippen LogP contribution in [0.4, 0.5) is 0 Å². The number of amides is 1. The summed E-state index contributed by atoms with van der Waals surface area (Å²) < 4.78 is 0. The number of nitrogens with one attached hydrogen (secondary N) is 1. The highest BCUT2D eigenvalue weighted by atomic mass is 35.5. The van der Waals surface area contributed by atoms with Crippen LogP contribution in [0.15, 0.2) is 47.6 Å². The SMILES string of the molecule is Cc1ccccc1C(=O)NN=Cc1ccc(Cl)cc1Cl. The molecule has 0 spiro atoms. The summed E-state index contributed by atoms with van der Waals surface area (Å²) in [6.45, 7) is 1.87. The monoisotopic (exact) mass is 306 g/mol. The lowest BCUT2D eigenvalue weighted by Crippen LogP contribution is -2.18. The first kappa shape index (κ1) is 14.6. The predicted molar refractivity (Wildman–Crippen MR) is 82.7 cm³/mol. The van der Waals surface area contributed by atoms with Crippen LogP contribution < -0.4 is 5.43 Å². The van der Waals surface area contributed by atoms with E-state index in [1.807, 2.05) is 25.1 Å². The summed E-state index contributed by atoms with van der Waals surface area (Å²) in [7, 11) is 0. The Morgan fingerprint density at radius 2 is 1.95 bits per heavy atom. The number of rotatable bonds is 3. The van der Waals surface area contributed by atoms with E-state index in [1.54, 1.807) is 24.3 Å². The highest BCUT2D eigenvalue weighted by Crippen LogP contribution is 2.19. The fourth-order valence-corrected chi connectivity index (χ4v) is 2.11. The number of benzene rings is 2. The van der Waals surface area contributed by atoms with Crippen LogP contribution in [0.25, 0.3) is 0 Å². The Morgan fingerprint density at radius 3 is 2.65 bits per heavy atom. The summed E-state index contributed by atoms with van der Waals surface area (Å²) in [5.41, 5.74) is 4.63. The second-order valence-electron chi connectivity index (χ2n) is 4.18. The number of nitrogens with zero attached hydrogens (tertiary/aromatic N) is 1. The highest BCUT2D eigenvalue weighted by Gasteiger charge is 2.06. The predicted octanol–water partition coefficient (Wildman–Crippen LogP) is 4.07. The molecule has 0 aliphatic rings. The van der Waals surface area contributed by atoms with Gasteiger partial charge in [-0.15, -0.1) is 0 Å². The smallest absolute Gasteiger partial charge is 0.267 e. The molecule has 0 saturated heterocycles. The standard InChI is InChI=1S/C15H12Cl2N2O/c1-10-4-2-3-5-13(10)15(20)19-18-9-11-6-7-12(16)8-14(11)17/h2-9H,1H3,(H,19,20). The van der Waals surface area contributed by atoms with E-state index in [9.17, 15) is 4.79 Å². The molecule has 0 aliphatic heterocycles. The van der Waals surface area contributed by atoms with Gasteiger partial charge in [0.15, 0.2) is 0 Å². The second kappa shape index (κ2) is 6.55. The molecule has 0 atom stereocenters. The third-order valence-corrected chi connectivity index (χ3v) is 3.28. The summed E-state index contributed by atoms with van der Waals surface area (Å²) in [5.74, 6) is -0.260. The minimum absolute atomic E-state index is 0.260. The van der Waals surface area contributed by atoms with Crippen LogP contribution in [0.3, 0.4) is 0 Å². The molecular formula is C15H12Cl2N2O. The fraction of sp³-hybridized carbons (Fsp3) is 0.0667. The molecule has 0 fully saturated rings. The number of halogens is 2. The number of hydrogen-bond acceptors (Lipinski definition) is 2. The number of hydrazone groups is 1. The maximum Gasteiger partial charge on any atom is 0.271 e.